The van der Waals surface area contributed by atoms with Crippen LogP contribution in [0.1, 0.15) is 35.3 Å². The standard InChI is InChI=1S/C14H15NO3/c1-3-18-14(17)13-5-4-11(6-7-15)9-12(13)8-10(2)16/h4-5,9H,3,6,8H2,1-2H3. The molecule has 0 aliphatic carbocycles. The zero-order chi connectivity index (χ0) is 13.5. The molecule has 0 radical (unpaired) electrons. The summed E-state index contributed by atoms with van der Waals surface area (Å²) < 4.78 is 4.93. The number of carbonyl (C=O) groups is 2. The Morgan fingerprint density at radius 2 is 2.11 bits per heavy atom. The minimum absolute atomic E-state index is 0.0327. The van der Waals surface area contributed by atoms with E-state index in [1.165, 1.54) is 6.92 Å². The highest BCUT2D eigenvalue weighted by atomic mass is 16.5. The molecule has 1 aromatic carbocycles. The maximum Gasteiger partial charge on any atom is 0.338 e. The number of esters is 1. The van der Waals surface area contributed by atoms with Crippen molar-refractivity contribution in [3.8, 4) is 6.07 Å². The molecular weight excluding hydrogens is 230 g/mol. The summed E-state index contributed by atoms with van der Waals surface area (Å²) in [6.07, 6.45) is 0.432. The Kier molecular flexibility index (Phi) is 5.06. The highest BCUT2D eigenvalue weighted by Crippen LogP contribution is 2.15. The third kappa shape index (κ3) is 3.70. The molecule has 18 heavy (non-hydrogen) atoms. The molecule has 4 heteroatoms. The normalized spacial score (nSPS) is 9.61. The van der Waals surface area contributed by atoms with Crippen LogP contribution in [0.25, 0.3) is 0 Å². The van der Waals surface area contributed by atoms with E-state index in [0.717, 1.165) is 5.56 Å². The van der Waals surface area contributed by atoms with E-state index in [0.29, 0.717) is 11.1 Å². The van der Waals surface area contributed by atoms with Crippen molar-refractivity contribution in [1.82, 2.24) is 0 Å². The Morgan fingerprint density at radius 3 is 2.67 bits per heavy atom. The van der Waals surface area contributed by atoms with Gasteiger partial charge in [0.05, 0.1) is 24.7 Å². The summed E-state index contributed by atoms with van der Waals surface area (Å²) in [4.78, 5) is 22.9. The average Bonchev–Trinajstić information content (AvgIpc) is 2.29. The van der Waals surface area contributed by atoms with Crippen LogP contribution in [0.5, 0.6) is 0 Å². The molecule has 0 saturated carbocycles. The lowest BCUT2D eigenvalue weighted by Gasteiger charge is -2.09. The number of ketones is 1. The zero-order valence-corrected chi connectivity index (χ0v) is 10.5. The van der Waals surface area contributed by atoms with Crippen LogP contribution in [0.2, 0.25) is 0 Å². The molecule has 0 aromatic heterocycles. The molecule has 1 aromatic rings. The first kappa shape index (κ1) is 13.9. The number of ether oxygens (including phenoxy) is 1. The van der Waals surface area contributed by atoms with Crippen molar-refractivity contribution in [2.24, 2.45) is 0 Å². The molecule has 0 unspecified atom stereocenters. The fourth-order valence-electron chi connectivity index (χ4n) is 1.67. The maximum atomic E-state index is 11.7. The second kappa shape index (κ2) is 6.55. The topological polar surface area (TPSA) is 67.2 Å². The number of Topliss-reactive ketones (excluding diaryl/α,β-unsaturated/α-hetero) is 1. The fraction of sp³-hybridized carbons (Fsp3) is 0.357. The molecule has 0 heterocycles. The zero-order valence-electron chi connectivity index (χ0n) is 10.5. The van der Waals surface area contributed by atoms with E-state index in [1.54, 1.807) is 25.1 Å². The largest absolute Gasteiger partial charge is 0.462 e. The molecule has 0 atom stereocenters. The first-order valence-electron chi connectivity index (χ1n) is 5.73. The van der Waals surface area contributed by atoms with Crippen molar-refractivity contribution in [3.63, 3.8) is 0 Å². The monoisotopic (exact) mass is 245 g/mol. The minimum atomic E-state index is -0.433. The number of hydrogen-bond acceptors (Lipinski definition) is 4. The van der Waals surface area contributed by atoms with Crippen molar-refractivity contribution >= 4 is 11.8 Å². The lowest BCUT2D eigenvalue weighted by molar-refractivity contribution is -0.116. The summed E-state index contributed by atoms with van der Waals surface area (Å²) >= 11 is 0. The van der Waals surface area contributed by atoms with Gasteiger partial charge in [-0.3, -0.25) is 4.79 Å². The third-order valence-electron chi connectivity index (χ3n) is 2.39. The van der Waals surface area contributed by atoms with Crippen molar-refractivity contribution in [1.29, 1.82) is 5.26 Å². The molecule has 0 amide bonds. The van der Waals surface area contributed by atoms with Gasteiger partial charge in [-0.05, 0) is 31.0 Å². The first-order chi connectivity index (χ1) is 8.58. The second-order valence-corrected chi connectivity index (χ2v) is 3.93. The molecule has 0 aliphatic heterocycles. The van der Waals surface area contributed by atoms with Gasteiger partial charge in [-0.25, -0.2) is 4.79 Å². The molecule has 0 saturated heterocycles. The molecular formula is C14H15NO3. The van der Waals surface area contributed by atoms with Gasteiger partial charge in [-0.1, -0.05) is 12.1 Å². The molecule has 0 bridgehead atoms. The highest BCUT2D eigenvalue weighted by molar-refractivity contribution is 5.93. The van der Waals surface area contributed by atoms with Gasteiger partial charge in [-0.15, -0.1) is 0 Å². The van der Waals surface area contributed by atoms with Gasteiger partial charge in [0.25, 0.3) is 0 Å². The second-order valence-electron chi connectivity index (χ2n) is 3.93. The quantitative estimate of drug-likeness (QED) is 0.745. The van der Waals surface area contributed by atoms with Crippen molar-refractivity contribution in [3.05, 3.63) is 34.9 Å². The predicted molar refractivity (Wildman–Crippen MR) is 66.1 cm³/mol. The van der Waals surface area contributed by atoms with Crippen LogP contribution in [0.4, 0.5) is 0 Å². The van der Waals surface area contributed by atoms with Gasteiger partial charge in [0.1, 0.15) is 5.78 Å². The lowest BCUT2D eigenvalue weighted by Crippen LogP contribution is -2.10. The molecule has 1 rings (SSSR count). The van der Waals surface area contributed by atoms with E-state index < -0.39 is 5.97 Å². The van der Waals surface area contributed by atoms with Crippen LogP contribution < -0.4 is 0 Å². The van der Waals surface area contributed by atoms with Crippen LogP contribution in [-0.4, -0.2) is 18.4 Å². The molecule has 0 N–H and O–H groups in total. The third-order valence-corrected chi connectivity index (χ3v) is 2.39. The summed E-state index contributed by atoms with van der Waals surface area (Å²) in [6.45, 7) is 3.48. The predicted octanol–water partition coefficient (Wildman–Crippen LogP) is 2.06. The molecule has 94 valence electrons. The average molecular weight is 245 g/mol. The number of nitriles is 1. The summed E-state index contributed by atoms with van der Waals surface area (Å²) in [5.74, 6) is -0.466. The van der Waals surface area contributed by atoms with Crippen LogP contribution in [-0.2, 0) is 22.4 Å². The Balaban J connectivity index is 3.12. The molecule has 0 fully saturated rings. The highest BCUT2D eigenvalue weighted by Gasteiger charge is 2.14. The lowest BCUT2D eigenvalue weighted by atomic mass is 9.98. The summed E-state index contributed by atoms with van der Waals surface area (Å²) in [5.41, 5.74) is 1.81. The van der Waals surface area contributed by atoms with Gasteiger partial charge in [-0.2, -0.15) is 5.26 Å². The fourth-order valence-corrected chi connectivity index (χ4v) is 1.67. The number of hydrogen-bond donors (Lipinski definition) is 0. The van der Waals surface area contributed by atoms with E-state index in [1.807, 2.05) is 6.07 Å². The SMILES string of the molecule is CCOC(=O)c1ccc(CC#N)cc1CC(C)=O. The van der Waals surface area contributed by atoms with Gasteiger partial charge in [0.2, 0.25) is 0 Å². The van der Waals surface area contributed by atoms with E-state index >= 15 is 0 Å². The summed E-state index contributed by atoms with van der Waals surface area (Å²) in [7, 11) is 0. The van der Waals surface area contributed by atoms with Gasteiger partial charge in [0, 0.05) is 6.42 Å². The van der Waals surface area contributed by atoms with E-state index in [9.17, 15) is 9.59 Å². The van der Waals surface area contributed by atoms with E-state index in [-0.39, 0.29) is 25.2 Å². The smallest absolute Gasteiger partial charge is 0.338 e. The van der Waals surface area contributed by atoms with Crippen LogP contribution in [0.3, 0.4) is 0 Å². The van der Waals surface area contributed by atoms with Gasteiger partial charge >= 0.3 is 5.97 Å². The molecule has 0 spiro atoms. The Labute approximate surface area is 106 Å². The number of benzene rings is 1. The molecule has 0 aliphatic rings. The van der Waals surface area contributed by atoms with Crippen molar-refractivity contribution < 1.29 is 14.3 Å². The van der Waals surface area contributed by atoms with Crippen LogP contribution in [0.15, 0.2) is 18.2 Å². The molecule has 4 nitrogen and oxygen atoms in total. The summed E-state index contributed by atoms with van der Waals surface area (Å²) in [6, 6.07) is 7.08. The minimum Gasteiger partial charge on any atom is -0.462 e. The number of rotatable bonds is 5. The Hall–Kier alpha value is -2.15. The summed E-state index contributed by atoms with van der Waals surface area (Å²) in [5, 5.41) is 8.65. The van der Waals surface area contributed by atoms with Crippen LogP contribution in [0, 0.1) is 11.3 Å². The number of nitrogens with zero attached hydrogens (tertiary/aromatic N) is 1. The van der Waals surface area contributed by atoms with Gasteiger partial charge in [0.15, 0.2) is 0 Å². The van der Waals surface area contributed by atoms with Gasteiger partial charge < -0.3 is 4.74 Å². The Morgan fingerprint density at radius 1 is 1.39 bits per heavy atom. The van der Waals surface area contributed by atoms with Crippen molar-refractivity contribution in [2.45, 2.75) is 26.7 Å². The first-order valence-corrected chi connectivity index (χ1v) is 5.73. The maximum absolute atomic E-state index is 11.7. The van der Waals surface area contributed by atoms with Crippen molar-refractivity contribution in [2.75, 3.05) is 6.61 Å². The van der Waals surface area contributed by atoms with E-state index in [4.69, 9.17) is 10.00 Å². The number of carbonyl (C=O) groups excluding carboxylic acids is 2. The Bertz CT molecular complexity index is 500. The van der Waals surface area contributed by atoms with E-state index in [2.05, 4.69) is 0 Å². The van der Waals surface area contributed by atoms with Crippen LogP contribution >= 0.6 is 0 Å².